The molecule has 0 spiro atoms. The summed E-state index contributed by atoms with van der Waals surface area (Å²) in [5.41, 5.74) is 0. The maximum Gasteiger partial charge on any atom is 0.0905 e. The van der Waals surface area contributed by atoms with Crippen LogP contribution in [0.5, 0.6) is 0 Å². The summed E-state index contributed by atoms with van der Waals surface area (Å²) in [5.74, 6) is 0. The molecule has 0 aliphatic carbocycles. The summed E-state index contributed by atoms with van der Waals surface area (Å²) in [7, 11) is 0. The molecule has 2 fully saturated rings. The molecule has 1 aromatic heterocycles. The zero-order valence-corrected chi connectivity index (χ0v) is 12.5. The molecule has 0 aromatic carbocycles. The van der Waals surface area contributed by atoms with E-state index in [1.807, 2.05) is 11.3 Å². The third-order valence-corrected chi connectivity index (χ3v) is 5.21. The highest BCUT2D eigenvalue weighted by Crippen LogP contribution is 2.30. The fraction of sp³-hybridized carbons (Fsp3) is 0.733. The first-order valence-electron chi connectivity index (χ1n) is 7.51. The van der Waals surface area contributed by atoms with Gasteiger partial charge in [-0.05, 0) is 43.8 Å². The van der Waals surface area contributed by atoms with Crippen molar-refractivity contribution in [3.8, 4) is 0 Å². The lowest BCUT2D eigenvalue weighted by molar-refractivity contribution is -0.0647. The molecule has 3 heterocycles. The van der Waals surface area contributed by atoms with E-state index in [1.165, 1.54) is 30.7 Å². The Kier molecular flexibility index (Phi) is 4.53. The van der Waals surface area contributed by atoms with E-state index in [0.29, 0.717) is 18.2 Å². The number of thiophene rings is 1. The van der Waals surface area contributed by atoms with Crippen molar-refractivity contribution in [3.63, 3.8) is 0 Å². The van der Waals surface area contributed by atoms with Crippen LogP contribution in [0.15, 0.2) is 17.5 Å². The van der Waals surface area contributed by atoms with Crippen molar-refractivity contribution < 1.29 is 4.74 Å². The second kappa shape index (κ2) is 6.35. The molecule has 2 aliphatic rings. The zero-order chi connectivity index (χ0) is 13.1. The Morgan fingerprint density at radius 2 is 2.53 bits per heavy atom. The smallest absolute Gasteiger partial charge is 0.0905 e. The summed E-state index contributed by atoms with van der Waals surface area (Å²) < 4.78 is 6.18. The van der Waals surface area contributed by atoms with Crippen molar-refractivity contribution in [2.75, 3.05) is 26.2 Å². The van der Waals surface area contributed by atoms with Gasteiger partial charge >= 0.3 is 0 Å². The van der Waals surface area contributed by atoms with Crippen LogP contribution in [0.4, 0.5) is 0 Å². The van der Waals surface area contributed by atoms with E-state index in [4.69, 9.17) is 4.74 Å². The number of fused-ring (bicyclic) bond motifs is 1. The van der Waals surface area contributed by atoms with Crippen molar-refractivity contribution in [2.24, 2.45) is 0 Å². The third-order valence-electron chi connectivity index (χ3n) is 4.25. The Morgan fingerprint density at radius 1 is 1.58 bits per heavy atom. The summed E-state index contributed by atoms with van der Waals surface area (Å²) in [4.78, 5) is 4.04. The minimum absolute atomic E-state index is 0.305. The van der Waals surface area contributed by atoms with Gasteiger partial charge in [0.05, 0.1) is 18.8 Å². The molecule has 2 saturated heterocycles. The fourth-order valence-corrected chi connectivity index (χ4v) is 4.08. The van der Waals surface area contributed by atoms with Gasteiger partial charge < -0.3 is 10.1 Å². The Morgan fingerprint density at radius 3 is 3.32 bits per heavy atom. The Labute approximate surface area is 119 Å². The maximum atomic E-state index is 6.18. The van der Waals surface area contributed by atoms with E-state index >= 15 is 0 Å². The molecule has 2 aliphatic heterocycles. The standard InChI is InChI=1S/C15H24N2OS/c1-2-7-16-15(14-6-4-9-19-14)13-10-17-8-3-5-12(17)11-18-13/h4,6,9,12-13,15-16H,2-3,5,7-8,10-11H2,1H3. The van der Waals surface area contributed by atoms with Crippen LogP contribution in [0.25, 0.3) is 0 Å². The topological polar surface area (TPSA) is 24.5 Å². The number of hydrogen-bond donors (Lipinski definition) is 1. The van der Waals surface area contributed by atoms with Crippen molar-refractivity contribution >= 4 is 11.3 Å². The predicted molar refractivity (Wildman–Crippen MR) is 79.7 cm³/mol. The van der Waals surface area contributed by atoms with E-state index in [9.17, 15) is 0 Å². The lowest BCUT2D eigenvalue weighted by atomic mass is 10.1. The average Bonchev–Trinajstić information content (AvgIpc) is 3.09. The lowest BCUT2D eigenvalue weighted by Gasteiger charge is -2.39. The minimum Gasteiger partial charge on any atom is -0.373 e. The number of rotatable bonds is 5. The van der Waals surface area contributed by atoms with Gasteiger partial charge in [-0.1, -0.05) is 13.0 Å². The molecule has 4 heteroatoms. The molecule has 3 nitrogen and oxygen atoms in total. The molecule has 1 aromatic rings. The normalized spacial score (nSPS) is 29.3. The molecular weight excluding hydrogens is 256 g/mol. The predicted octanol–water partition coefficient (Wildman–Crippen LogP) is 2.65. The average molecular weight is 280 g/mol. The van der Waals surface area contributed by atoms with Gasteiger partial charge in [-0.25, -0.2) is 0 Å². The molecule has 3 rings (SSSR count). The number of ether oxygens (including phenoxy) is 1. The molecule has 3 atom stereocenters. The molecule has 0 radical (unpaired) electrons. The number of nitrogens with one attached hydrogen (secondary N) is 1. The van der Waals surface area contributed by atoms with Crippen LogP contribution in [-0.2, 0) is 4.74 Å². The monoisotopic (exact) mass is 280 g/mol. The second-order valence-corrected chi connectivity index (χ2v) is 6.59. The first-order chi connectivity index (χ1) is 9.38. The van der Waals surface area contributed by atoms with E-state index in [0.717, 1.165) is 19.7 Å². The summed E-state index contributed by atoms with van der Waals surface area (Å²) >= 11 is 1.84. The maximum absolute atomic E-state index is 6.18. The summed E-state index contributed by atoms with van der Waals surface area (Å²) in [5, 5.41) is 5.84. The molecule has 19 heavy (non-hydrogen) atoms. The van der Waals surface area contributed by atoms with Crippen LogP contribution >= 0.6 is 11.3 Å². The molecule has 1 N–H and O–H groups in total. The van der Waals surface area contributed by atoms with Crippen molar-refractivity contribution in [2.45, 2.75) is 44.4 Å². The molecule has 106 valence electrons. The molecule has 0 bridgehead atoms. The SMILES string of the molecule is CCCNC(c1cccs1)C1CN2CCCC2CO1. The quantitative estimate of drug-likeness (QED) is 0.897. The number of hydrogen-bond acceptors (Lipinski definition) is 4. The highest BCUT2D eigenvalue weighted by molar-refractivity contribution is 7.10. The van der Waals surface area contributed by atoms with Crippen LogP contribution in [0.2, 0.25) is 0 Å². The van der Waals surface area contributed by atoms with Gasteiger partial charge in [0.1, 0.15) is 0 Å². The number of morpholine rings is 1. The summed E-state index contributed by atoms with van der Waals surface area (Å²) in [6, 6.07) is 5.42. The van der Waals surface area contributed by atoms with Gasteiger partial charge in [0.15, 0.2) is 0 Å². The fourth-order valence-electron chi connectivity index (χ4n) is 3.23. The summed E-state index contributed by atoms with van der Waals surface area (Å²) in [6.07, 6.45) is 4.13. The van der Waals surface area contributed by atoms with Crippen LogP contribution in [0.3, 0.4) is 0 Å². The van der Waals surface area contributed by atoms with Gasteiger partial charge in [0.25, 0.3) is 0 Å². The molecule has 3 unspecified atom stereocenters. The first kappa shape index (κ1) is 13.6. The highest BCUT2D eigenvalue weighted by atomic mass is 32.1. The minimum atomic E-state index is 0.305. The first-order valence-corrected chi connectivity index (χ1v) is 8.39. The van der Waals surface area contributed by atoms with E-state index < -0.39 is 0 Å². The second-order valence-electron chi connectivity index (χ2n) is 5.61. The lowest BCUT2D eigenvalue weighted by Crippen LogP contribution is -2.50. The van der Waals surface area contributed by atoms with Crippen LogP contribution in [0, 0.1) is 0 Å². The molecule has 0 amide bonds. The molecule has 0 saturated carbocycles. The van der Waals surface area contributed by atoms with Gasteiger partial charge in [-0.2, -0.15) is 0 Å². The number of nitrogens with zero attached hydrogens (tertiary/aromatic N) is 1. The van der Waals surface area contributed by atoms with Crippen LogP contribution < -0.4 is 5.32 Å². The van der Waals surface area contributed by atoms with Gasteiger partial charge in [-0.3, -0.25) is 4.90 Å². The van der Waals surface area contributed by atoms with E-state index in [2.05, 4.69) is 34.7 Å². The Bertz CT molecular complexity index is 382. The van der Waals surface area contributed by atoms with Gasteiger partial charge in [0.2, 0.25) is 0 Å². The Balaban J connectivity index is 1.69. The van der Waals surface area contributed by atoms with Crippen molar-refractivity contribution in [1.82, 2.24) is 10.2 Å². The van der Waals surface area contributed by atoms with Gasteiger partial charge in [-0.15, -0.1) is 11.3 Å². The van der Waals surface area contributed by atoms with Crippen molar-refractivity contribution in [3.05, 3.63) is 22.4 Å². The highest BCUT2D eigenvalue weighted by Gasteiger charge is 2.36. The van der Waals surface area contributed by atoms with E-state index in [-0.39, 0.29) is 0 Å². The zero-order valence-electron chi connectivity index (χ0n) is 11.7. The van der Waals surface area contributed by atoms with Crippen LogP contribution in [0.1, 0.15) is 37.1 Å². The largest absolute Gasteiger partial charge is 0.373 e. The third kappa shape index (κ3) is 3.02. The van der Waals surface area contributed by atoms with Crippen LogP contribution in [-0.4, -0.2) is 43.3 Å². The van der Waals surface area contributed by atoms with Gasteiger partial charge in [0, 0.05) is 17.5 Å². The van der Waals surface area contributed by atoms with Crippen molar-refractivity contribution in [1.29, 1.82) is 0 Å². The Hall–Kier alpha value is -0.420. The molecular formula is C15H24N2OS. The van der Waals surface area contributed by atoms with E-state index in [1.54, 1.807) is 0 Å². The summed E-state index contributed by atoms with van der Waals surface area (Å²) in [6.45, 7) is 6.54.